The highest BCUT2D eigenvalue weighted by Gasteiger charge is 2.34. The van der Waals surface area contributed by atoms with Crippen LogP contribution in [0.2, 0.25) is 0 Å². The zero-order valence-electron chi connectivity index (χ0n) is 7.87. The van der Waals surface area contributed by atoms with Gasteiger partial charge in [-0.2, -0.15) is 0 Å². The molecule has 0 saturated carbocycles. The second kappa shape index (κ2) is 5.00. The van der Waals surface area contributed by atoms with Gasteiger partial charge in [0.1, 0.15) is 5.60 Å². The summed E-state index contributed by atoms with van der Waals surface area (Å²) in [6, 6.07) is 0. The lowest BCUT2D eigenvalue weighted by Gasteiger charge is -2.21. The molecule has 1 aliphatic heterocycles. The molecule has 0 amide bonds. The highest BCUT2D eigenvalue weighted by Crippen LogP contribution is 2.39. The third kappa shape index (κ3) is 3.68. The Balaban J connectivity index is 2.26. The monoisotopic (exact) mass is 222 g/mol. The first-order chi connectivity index (χ1) is 6.16. The van der Waals surface area contributed by atoms with E-state index >= 15 is 0 Å². The first kappa shape index (κ1) is 11.0. The van der Waals surface area contributed by atoms with E-state index in [-0.39, 0.29) is 5.60 Å². The molecular weight excluding hydrogens is 208 g/mol. The van der Waals surface area contributed by atoms with E-state index < -0.39 is 6.16 Å². The summed E-state index contributed by atoms with van der Waals surface area (Å²) in [7, 11) is 3.46. The molecule has 0 radical (unpaired) electrons. The normalized spacial score (nSPS) is 19.8. The molecule has 0 spiro atoms. The first-order valence-corrected chi connectivity index (χ1v) is 6.75. The van der Waals surface area contributed by atoms with Gasteiger partial charge in [0.05, 0.1) is 6.61 Å². The molecule has 0 aliphatic carbocycles. The third-order valence-electron chi connectivity index (χ3n) is 1.57. The van der Waals surface area contributed by atoms with Gasteiger partial charge in [0, 0.05) is 11.5 Å². The van der Waals surface area contributed by atoms with Gasteiger partial charge in [-0.25, -0.2) is 4.79 Å². The number of carbonyl (C=O) groups excluding carboxylic acids is 1. The Hall–Kier alpha value is -0.0300. The topological polar surface area (TPSA) is 35.5 Å². The summed E-state index contributed by atoms with van der Waals surface area (Å²) in [4.78, 5) is 11.1. The van der Waals surface area contributed by atoms with Crippen molar-refractivity contribution in [2.75, 3.05) is 18.1 Å². The summed E-state index contributed by atoms with van der Waals surface area (Å²) >= 11 is 0. The Kier molecular flexibility index (Phi) is 4.25. The first-order valence-electron chi connectivity index (χ1n) is 4.26. The molecule has 0 atom stereocenters. The molecule has 1 saturated heterocycles. The zero-order chi connectivity index (χ0) is 9.73. The van der Waals surface area contributed by atoms with Gasteiger partial charge in [0.15, 0.2) is 0 Å². The molecule has 1 rings (SSSR count). The van der Waals surface area contributed by atoms with E-state index in [1.165, 1.54) is 0 Å². The van der Waals surface area contributed by atoms with Crippen molar-refractivity contribution in [3.8, 4) is 0 Å². The molecule has 0 aromatic heterocycles. The number of hydrogen-bond donors (Lipinski definition) is 0. The molecule has 0 aromatic carbocycles. The van der Waals surface area contributed by atoms with E-state index in [1.807, 2.05) is 13.8 Å². The second-order valence-electron chi connectivity index (χ2n) is 3.17. The largest absolute Gasteiger partial charge is 0.508 e. The van der Waals surface area contributed by atoms with Gasteiger partial charge in [0.2, 0.25) is 0 Å². The summed E-state index contributed by atoms with van der Waals surface area (Å²) in [5.74, 6) is 1.69. The Morgan fingerprint density at radius 1 is 1.46 bits per heavy atom. The molecular formula is C8H14O3S2. The Bertz CT molecular complexity index is 178. The molecule has 0 N–H and O–H groups in total. The summed E-state index contributed by atoms with van der Waals surface area (Å²) in [6.45, 7) is 4.33. The van der Waals surface area contributed by atoms with Gasteiger partial charge in [0.25, 0.3) is 0 Å². The number of ether oxygens (including phenoxy) is 2. The van der Waals surface area contributed by atoms with Gasteiger partial charge >= 0.3 is 6.16 Å². The predicted octanol–water partition coefficient (Wildman–Crippen LogP) is 2.70. The van der Waals surface area contributed by atoms with Crippen LogP contribution in [0.25, 0.3) is 0 Å². The molecule has 1 heterocycles. The maximum atomic E-state index is 11.1. The van der Waals surface area contributed by atoms with Crippen molar-refractivity contribution in [3.05, 3.63) is 0 Å². The van der Waals surface area contributed by atoms with Crippen LogP contribution in [0.4, 0.5) is 4.79 Å². The number of carbonyl (C=O) groups is 1. The lowest BCUT2D eigenvalue weighted by atomic mass is 10.2. The highest BCUT2D eigenvalue weighted by atomic mass is 33.1. The van der Waals surface area contributed by atoms with Crippen molar-refractivity contribution in [2.24, 2.45) is 0 Å². The van der Waals surface area contributed by atoms with E-state index in [4.69, 9.17) is 9.47 Å². The fourth-order valence-electron chi connectivity index (χ4n) is 0.849. The lowest BCUT2D eigenvalue weighted by Crippen LogP contribution is -2.34. The standard InChI is InChI=1S/C8H14O3S2/c1-3-4-10-7(9)11-8(2)5-12-13-6-8/h3-6H2,1-2H3. The Labute approximate surface area is 86.3 Å². The predicted molar refractivity (Wildman–Crippen MR) is 56.0 cm³/mol. The third-order valence-corrected chi connectivity index (χ3v) is 4.40. The van der Waals surface area contributed by atoms with Crippen LogP contribution in [0.1, 0.15) is 20.3 Å². The average molecular weight is 222 g/mol. The van der Waals surface area contributed by atoms with Crippen LogP contribution >= 0.6 is 21.6 Å². The van der Waals surface area contributed by atoms with Crippen molar-refractivity contribution in [1.82, 2.24) is 0 Å². The van der Waals surface area contributed by atoms with Crippen molar-refractivity contribution in [1.29, 1.82) is 0 Å². The molecule has 0 unspecified atom stereocenters. The van der Waals surface area contributed by atoms with E-state index in [0.717, 1.165) is 17.9 Å². The maximum Gasteiger partial charge on any atom is 0.508 e. The van der Waals surface area contributed by atoms with E-state index in [0.29, 0.717) is 6.61 Å². The molecule has 1 aliphatic rings. The fraction of sp³-hybridized carbons (Fsp3) is 0.875. The number of hydrogen-bond acceptors (Lipinski definition) is 5. The molecule has 76 valence electrons. The van der Waals surface area contributed by atoms with Gasteiger partial charge in [-0.15, -0.1) is 0 Å². The van der Waals surface area contributed by atoms with Crippen molar-refractivity contribution < 1.29 is 14.3 Å². The van der Waals surface area contributed by atoms with Crippen molar-refractivity contribution in [3.63, 3.8) is 0 Å². The molecule has 0 aromatic rings. The minimum absolute atomic E-state index is 0.333. The Morgan fingerprint density at radius 2 is 2.08 bits per heavy atom. The van der Waals surface area contributed by atoms with Crippen LogP contribution in [0.3, 0.4) is 0 Å². The van der Waals surface area contributed by atoms with Gasteiger partial charge in [-0.05, 0) is 13.3 Å². The average Bonchev–Trinajstić information content (AvgIpc) is 2.48. The van der Waals surface area contributed by atoms with E-state index in [9.17, 15) is 4.79 Å². The quantitative estimate of drug-likeness (QED) is 0.542. The molecule has 0 bridgehead atoms. The van der Waals surface area contributed by atoms with Crippen LogP contribution in [0.15, 0.2) is 0 Å². The SMILES string of the molecule is CCCOC(=O)OC1(C)CSSC1. The highest BCUT2D eigenvalue weighted by molar-refractivity contribution is 8.77. The molecule has 13 heavy (non-hydrogen) atoms. The van der Waals surface area contributed by atoms with Gasteiger partial charge in [-0.3, -0.25) is 0 Å². The summed E-state index contributed by atoms with van der Waals surface area (Å²) in [5.41, 5.74) is -0.333. The smallest absolute Gasteiger partial charge is 0.434 e. The summed E-state index contributed by atoms with van der Waals surface area (Å²) in [5, 5.41) is 0. The minimum atomic E-state index is -0.535. The van der Waals surface area contributed by atoms with E-state index in [2.05, 4.69) is 0 Å². The van der Waals surface area contributed by atoms with Crippen LogP contribution in [0, 0.1) is 0 Å². The zero-order valence-corrected chi connectivity index (χ0v) is 9.50. The molecule has 1 fully saturated rings. The molecule has 3 nitrogen and oxygen atoms in total. The molecule has 5 heteroatoms. The lowest BCUT2D eigenvalue weighted by molar-refractivity contribution is -0.00169. The van der Waals surface area contributed by atoms with Gasteiger partial charge in [-0.1, -0.05) is 28.5 Å². The second-order valence-corrected chi connectivity index (χ2v) is 5.64. The number of rotatable bonds is 3. The van der Waals surface area contributed by atoms with Crippen molar-refractivity contribution >= 4 is 27.7 Å². The fourth-order valence-corrected chi connectivity index (χ4v) is 3.96. The summed E-state index contributed by atoms with van der Waals surface area (Å²) in [6.07, 6.45) is 0.294. The minimum Gasteiger partial charge on any atom is -0.434 e. The van der Waals surface area contributed by atoms with Crippen LogP contribution in [-0.2, 0) is 9.47 Å². The Morgan fingerprint density at radius 3 is 2.62 bits per heavy atom. The van der Waals surface area contributed by atoms with E-state index in [1.54, 1.807) is 21.6 Å². The van der Waals surface area contributed by atoms with Gasteiger partial charge < -0.3 is 9.47 Å². The van der Waals surface area contributed by atoms with Crippen molar-refractivity contribution in [2.45, 2.75) is 25.9 Å². The maximum absolute atomic E-state index is 11.1. The summed E-state index contributed by atoms with van der Waals surface area (Å²) < 4.78 is 10.0. The van der Waals surface area contributed by atoms with Crippen LogP contribution < -0.4 is 0 Å². The van der Waals surface area contributed by atoms with Crippen LogP contribution in [0.5, 0.6) is 0 Å². The van der Waals surface area contributed by atoms with Crippen LogP contribution in [-0.4, -0.2) is 29.9 Å².